The average Bonchev–Trinajstić information content (AvgIpc) is 3.13. The molecule has 108 valence electrons. The molecule has 1 saturated carbocycles. The van der Waals surface area contributed by atoms with E-state index in [1.165, 1.54) is 19.3 Å². The van der Waals surface area contributed by atoms with E-state index in [0.29, 0.717) is 6.04 Å². The number of nitrogens with one attached hydrogen (secondary N) is 1. The van der Waals surface area contributed by atoms with Crippen LogP contribution in [0.2, 0.25) is 0 Å². The highest BCUT2D eigenvalue weighted by Crippen LogP contribution is 2.28. The minimum absolute atomic E-state index is 0.633. The molecule has 0 aromatic rings. The summed E-state index contributed by atoms with van der Waals surface area (Å²) in [7, 11) is 2.21. The van der Waals surface area contributed by atoms with Gasteiger partial charge in [0.2, 0.25) is 0 Å². The summed E-state index contributed by atoms with van der Waals surface area (Å²) in [6.07, 6.45) is 3.96. The monoisotopic (exact) mass is 256 g/mol. The first-order valence-corrected chi connectivity index (χ1v) is 7.62. The van der Waals surface area contributed by atoms with Gasteiger partial charge in [0, 0.05) is 25.7 Å². The highest BCUT2D eigenvalue weighted by atomic mass is 16.5. The van der Waals surface area contributed by atoms with Gasteiger partial charge < -0.3 is 10.1 Å². The third-order valence-electron chi connectivity index (χ3n) is 3.67. The Balaban J connectivity index is 2.04. The standard InChI is InChI=1S/C15H32N2O/c1-5-15(11-16-10-13(2)3)17(4)8-9-18-12-14-6-7-14/h13-16H,5-12H2,1-4H3. The molecule has 1 N–H and O–H groups in total. The van der Waals surface area contributed by atoms with E-state index in [1.807, 2.05) is 0 Å². The first-order chi connectivity index (χ1) is 8.63. The molecule has 3 nitrogen and oxygen atoms in total. The van der Waals surface area contributed by atoms with E-state index in [0.717, 1.165) is 44.7 Å². The third-order valence-corrected chi connectivity index (χ3v) is 3.67. The zero-order valence-corrected chi connectivity index (χ0v) is 12.7. The van der Waals surface area contributed by atoms with Gasteiger partial charge >= 0.3 is 0 Å². The van der Waals surface area contributed by atoms with Gasteiger partial charge in [-0.05, 0) is 44.7 Å². The van der Waals surface area contributed by atoms with Crippen molar-refractivity contribution >= 4 is 0 Å². The maximum atomic E-state index is 5.70. The van der Waals surface area contributed by atoms with Crippen LogP contribution in [0.4, 0.5) is 0 Å². The van der Waals surface area contributed by atoms with E-state index >= 15 is 0 Å². The fourth-order valence-corrected chi connectivity index (χ4v) is 2.08. The Morgan fingerprint density at radius 3 is 2.56 bits per heavy atom. The van der Waals surface area contributed by atoms with Crippen LogP contribution in [0.25, 0.3) is 0 Å². The van der Waals surface area contributed by atoms with Crippen LogP contribution in [-0.2, 0) is 4.74 Å². The predicted molar refractivity (Wildman–Crippen MR) is 78.0 cm³/mol. The van der Waals surface area contributed by atoms with Gasteiger partial charge in [-0.15, -0.1) is 0 Å². The van der Waals surface area contributed by atoms with E-state index in [4.69, 9.17) is 4.74 Å². The van der Waals surface area contributed by atoms with Crippen molar-refractivity contribution in [1.29, 1.82) is 0 Å². The minimum Gasteiger partial charge on any atom is -0.380 e. The Kier molecular flexibility index (Phi) is 7.87. The number of nitrogens with zero attached hydrogens (tertiary/aromatic N) is 1. The SMILES string of the molecule is CCC(CNCC(C)C)N(C)CCOCC1CC1. The second-order valence-corrected chi connectivity index (χ2v) is 6.11. The van der Waals surface area contributed by atoms with Gasteiger partial charge in [-0.25, -0.2) is 0 Å². The molecule has 1 aliphatic carbocycles. The lowest BCUT2D eigenvalue weighted by Crippen LogP contribution is -2.42. The Hall–Kier alpha value is -0.120. The van der Waals surface area contributed by atoms with Crippen molar-refractivity contribution in [3.63, 3.8) is 0 Å². The highest BCUT2D eigenvalue weighted by Gasteiger charge is 2.21. The van der Waals surface area contributed by atoms with Gasteiger partial charge in [0.05, 0.1) is 6.61 Å². The molecular weight excluding hydrogens is 224 g/mol. The Labute approximate surface area is 113 Å². The van der Waals surface area contributed by atoms with Crippen LogP contribution in [0, 0.1) is 11.8 Å². The lowest BCUT2D eigenvalue weighted by atomic mass is 10.1. The van der Waals surface area contributed by atoms with Crippen molar-refractivity contribution in [1.82, 2.24) is 10.2 Å². The average molecular weight is 256 g/mol. The molecule has 0 aromatic heterocycles. The topological polar surface area (TPSA) is 24.5 Å². The summed E-state index contributed by atoms with van der Waals surface area (Å²) < 4.78 is 5.70. The molecule has 1 unspecified atom stereocenters. The fourth-order valence-electron chi connectivity index (χ4n) is 2.08. The smallest absolute Gasteiger partial charge is 0.0593 e. The van der Waals surface area contributed by atoms with Crippen LogP contribution >= 0.6 is 0 Å². The van der Waals surface area contributed by atoms with E-state index in [-0.39, 0.29) is 0 Å². The van der Waals surface area contributed by atoms with Gasteiger partial charge in [-0.1, -0.05) is 20.8 Å². The minimum atomic E-state index is 0.633. The van der Waals surface area contributed by atoms with Crippen LogP contribution < -0.4 is 5.32 Å². The first-order valence-electron chi connectivity index (χ1n) is 7.62. The van der Waals surface area contributed by atoms with E-state index in [2.05, 4.69) is 38.0 Å². The van der Waals surface area contributed by atoms with Crippen LogP contribution in [-0.4, -0.2) is 50.8 Å². The summed E-state index contributed by atoms with van der Waals surface area (Å²) in [5, 5.41) is 3.55. The molecular formula is C15H32N2O. The van der Waals surface area contributed by atoms with E-state index in [9.17, 15) is 0 Å². The predicted octanol–water partition coefficient (Wildman–Crippen LogP) is 2.37. The van der Waals surface area contributed by atoms with Crippen molar-refractivity contribution in [2.45, 2.75) is 46.1 Å². The second-order valence-electron chi connectivity index (χ2n) is 6.11. The number of rotatable bonds is 11. The van der Waals surface area contributed by atoms with Crippen LogP contribution in [0.15, 0.2) is 0 Å². The maximum Gasteiger partial charge on any atom is 0.0593 e. The highest BCUT2D eigenvalue weighted by molar-refractivity contribution is 4.73. The molecule has 1 atom stereocenters. The zero-order valence-electron chi connectivity index (χ0n) is 12.7. The van der Waals surface area contributed by atoms with Crippen molar-refractivity contribution in [2.24, 2.45) is 11.8 Å². The molecule has 1 aliphatic rings. The first kappa shape index (κ1) is 15.9. The van der Waals surface area contributed by atoms with E-state index < -0.39 is 0 Å². The van der Waals surface area contributed by atoms with Gasteiger partial charge in [0.25, 0.3) is 0 Å². The molecule has 0 bridgehead atoms. The van der Waals surface area contributed by atoms with Crippen molar-refractivity contribution in [3.05, 3.63) is 0 Å². The molecule has 0 aromatic carbocycles. The molecule has 0 heterocycles. The number of hydrogen-bond donors (Lipinski definition) is 1. The van der Waals surface area contributed by atoms with Gasteiger partial charge in [0.1, 0.15) is 0 Å². The summed E-state index contributed by atoms with van der Waals surface area (Å²) >= 11 is 0. The Bertz CT molecular complexity index is 205. The van der Waals surface area contributed by atoms with E-state index in [1.54, 1.807) is 0 Å². The molecule has 3 heteroatoms. The largest absolute Gasteiger partial charge is 0.380 e. The molecule has 0 aliphatic heterocycles. The maximum absolute atomic E-state index is 5.70. The summed E-state index contributed by atoms with van der Waals surface area (Å²) in [6, 6.07) is 0.633. The molecule has 1 rings (SSSR count). The summed E-state index contributed by atoms with van der Waals surface area (Å²) in [5.41, 5.74) is 0. The zero-order chi connectivity index (χ0) is 13.4. The third kappa shape index (κ3) is 7.34. The quantitative estimate of drug-likeness (QED) is 0.574. The molecule has 0 spiro atoms. The molecule has 0 amide bonds. The summed E-state index contributed by atoms with van der Waals surface area (Å²) in [4.78, 5) is 2.43. The van der Waals surface area contributed by atoms with Crippen molar-refractivity contribution in [3.8, 4) is 0 Å². The fraction of sp³-hybridized carbons (Fsp3) is 1.00. The summed E-state index contributed by atoms with van der Waals surface area (Å²) in [6.45, 7) is 11.9. The molecule has 18 heavy (non-hydrogen) atoms. The number of hydrogen-bond acceptors (Lipinski definition) is 3. The van der Waals surface area contributed by atoms with Crippen LogP contribution in [0.3, 0.4) is 0 Å². The number of ether oxygens (including phenoxy) is 1. The Morgan fingerprint density at radius 1 is 1.28 bits per heavy atom. The number of likely N-dealkylation sites (N-methyl/N-ethyl adjacent to an activating group) is 1. The van der Waals surface area contributed by atoms with Gasteiger partial charge in [-0.3, -0.25) is 4.90 Å². The van der Waals surface area contributed by atoms with Crippen molar-refractivity contribution < 1.29 is 4.74 Å². The van der Waals surface area contributed by atoms with Crippen molar-refractivity contribution in [2.75, 3.05) is 39.9 Å². The molecule has 0 radical (unpaired) electrons. The van der Waals surface area contributed by atoms with Crippen LogP contribution in [0.1, 0.15) is 40.0 Å². The second kappa shape index (κ2) is 8.89. The Morgan fingerprint density at radius 2 is 2.00 bits per heavy atom. The molecule has 1 fully saturated rings. The lowest BCUT2D eigenvalue weighted by Gasteiger charge is -2.27. The van der Waals surface area contributed by atoms with Gasteiger partial charge in [-0.2, -0.15) is 0 Å². The summed E-state index contributed by atoms with van der Waals surface area (Å²) in [5.74, 6) is 1.61. The molecule has 0 saturated heterocycles. The van der Waals surface area contributed by atoms with Gasteiger partial charge in [0.15, 0.2) is 0 Å². The van der Waals surface area contributed by atoms with Crippen LogP contribution in [0.5, 0.6) is 0 Å². The normalized spacial score (nSPS) is 17.7. The lowest BCUT2D eigenvalue weighted by molar-refractivity contribution is 0.0901.